The minimum atomic E-state index is -3.96. The van der Waals surface area contributed by atoms with E-state index in [1.165, 1.54) is 19.1 Å². The summed E-state index contributed by atoms with van der Waals surface area (Å²) in [5.74, 6) is -0.897. The Kier molecular flexibility index (Phi) is 4.10. The molecule has 7 heteroatoms. The van der Waals surface area contributed by atoms with Crippen molar-refractivity contribution >= 4 is 15.9 Å². The number of carbonyl (C=O) groups excluding carboxylic acids is 1. The lowest BCUT2D eigenvalue weighted by Gasteiger charge is -2.29. The van der Waals surface area contributed by atoms with E-state index in [4.69, 9.17) is 0 Å². The molecule has 0 unspecified atom stereocenters. The molecule has 1 heterocycles. The molecule has 1 atom stereocenters. The Morgan fingerprint density at radius 3 is 2.70 bits per heavy atom. The summed E-state index contributed by atoms with van der Waals surface area (Å²) in [6, 6.07) is 3.63. The summed E-state index contributed by atoms with van der Waals surface area (Å²) in [6.45, 7) is 2.03. The van der Waals surface area contributed by atoms with E-state index < -0.39 is 21.9 Å². The second-order valence-corrected chi connectivity index (χ2v) is 6.66. The number of hydrogen-bond acceptors (Lipinski definition) is 3. The van der Waals surface area contributed by atoms with E-state index in [-0.39, 0.29) is 17.2 Å². The minimum Gasteiger partial charge on any atom is -0.346 e. The highest BCUT2D eigenvalue weighted by Gasteiger charge is 2.29. The largest absolute Gasteiger partial charge is 0.346 e. The number of piperidine rings is 1. The number of aryl methyl sites for hydroxylation is 1. The van der Waals surface area contributed by atoms with E-state index in [0.29, 0.717) is 18.5 Å². The smallest absolute Gasteiger partial charge is 0.244 e. The molecule has 0 bridgehead atoms. The third-order valence-electron chi connectivity index (χ3n) is 3.41. The first kappa shape index (κ1) is 14.9. The fourth-order valence-electron chi connectivity index (χ4n) is 2.28. The number of hydrogen-bond donors (Lipinski definition) is 1. The van der Waals surface area contributed by atoms with Gasteiger partial charge in [0.05, 0.1) is 0 Å². The lowest BCUT2D eigenvalue weighted by molar-refractivity contribution is -0.132. The van der Waals surface area contributed by atoms with Gasteiger partial charge in [0.1, 0.15) is 10.7 Å². The van der Waals surface area contributed by atoms with Gasteiger partial charge in [-0.1, -0.05) is 12.1 Å². The van der Waals surface area contributed by atoms with Gasteiger partial charge in [-0.3, -0.25) is 4.79 Å². The highest BCUT2D eigenvalue weighted by Crippen LogP contribution is 2.20. The van der Waals surface area contributed by atoms with Crippen molar-refractivity contribution in [1.29, 1.82) is 0 Å². The Hall–Kier alpha value is -1.47. The molecular weight excluding hydrogens is 283 g/mol. The van der Waals surface area contributed by atoms with Crippen molar-refractivity contribution in [3.05, 3.63) is 29.6 Å². The topological polar surface area (TPSA) is 66.5 Å². The van der Waals surface area contributed by atoms with E-state index in [1.54, 1.807) is 11.9 Å². The van der Waals surface area contributed by atoms with Crippen molar-refractivity contribution in [2.75, 3.05) is 13.6 Å². The monoisotopic (exact) mass is 300 g/mol. The Bertz CT molecular complexity index is 610. The molecule has 1 fully saturated rings. The third kappa shape index (κ3) is 2.99. The molecule has 1 aromatic carbocycles. The van der Waals surface area contributed by atoms with Crippen molar-refractivity contribution in [3.63, 3.8) is 0 Å². The second kappa shape index (κ2) is 5.49. The lowest BCUT2D eigenvalue weighted by Crippen LogP contribution is -2.46. The molecule has 1 saturated heterocycles. The van der Waals surface area contributed by atoms with Crippen LogP contribution >= 0.6 is 0 Å². The first-order valence-corrected chi connectivity index (χ1v) is 7.81. The van der Waals surface area contributed by atoms with Crippen molar-refractivity contribution in [3.8, 4) is 0 Å². The van der Waals surface area contributed by atoms with Crippen molar-refractivity contribution in [1.82, 2.24) is 9.62 Å². The predicted molar refractivity (Wildman–Crippen MR) is 72.1 cm³/mol. The summed E-state index contributed by atoms with van der Waals surface area (Å²) in [5, 5.41) is 0. The molecule has 20 heavy (non-hydrogen) atoms. The number of sulfonamides is 1. The van der Waals surface area contributed by atoms with Gasteiger partial charge in [0, 0.05) is 26.1 Å². The van der Waals surface area contributed by atoms with Gasteiger partial charge in [-0.15, -0.1) is 0 Å². The third-order valence-corrected chi connectivity index (χ3v) is 5.11. The molecule has 2 rings (SSSR count). The summed E-state index contributed by atoms with van der Waals surface area (Å²) in [7, 11) is -2.28. The summed E-state index contributed by atoms with van der Waals surface area (Å²) in [4.78, 5) is 12.8. The summed E-state index contributed by atoms with van der Waals surface area (Å²) in [6.07, 6.45) is 0.623. The first-order valence-electron chi connectivity index (χ1n) is 6.32. The maximum atomic E-state index is 13.7. The van der Waals surface area contributed by atoms with Crippen LogP contribution in [0, 0.1) is 12.7 Å². The second-order valence-electron chi connectivity index (χ2n) is 5.01. The number of likely N-dealkylation sites (tertiary alicyclic amines) is 1. The highest BCUT2D eigenvalue weighted by atomic mass is 32.2. The summed E-state index contributed by atoms with van der Waals surface area (Å²) >= 11 is 0. The Morgan fingerprint density at radius 1 is 1.40 bits per heavy atom. The number of rotatable bonds is 3. The molecule has 0 spiro atoms. The maximum Gasteiger partial charge on any atom is 0.244 e. The number of nitrogens with one attached hydrogen (secondary N) is 1. The van der Waals surface area contributed by atoms with Gasteiger partial charge in [0.2, 0.25) is 15.9 Å². The molecule has 1 aromatic rings. The van der Waals surface area contributed by atoms with Gasteiger partial charge >= 0.3 is 0 Å². The standard InChI is InChI=1S/C13H17FN2O3S/c1-9-4-3-5-11(14)13(9)20(18,19)15-10-6-7-16(2)12(17)8-10/h3-5,10,15H,6-8H2,1-2H3/t10-/m0/s1. The zero-order valence-corrected chi connectivity index (χ0v) is 12.2. The van der Waals surface area contributed by atoms with Crippen LogP contribution in [0.1, 0.15) is 18.4 Å². The highest BCUT2D eigenvalue weighted by molar-refractivity contribution is 7.89. The fourth-order valence-corrected chi connectivity index (χ4v) is 3.85. The maximum absolute atomic E-state index is 13.7. The quantitative estimate of drug-likeness (QED) is 0.907. The number of amides is 1. The lowest BCUT2D eigenvalue weighted by atomic mass is 10.1. The molecule has 0 saturated carbocycles. The van der Waals surface area contributed by atoms with Gasteiger partial charge in [-0.05, 0) is 25.0 Å². The molecular formula is C13H17FN2O3S. The number of halogens is 1. The van der Waals surface area contributed by atoms with Gasteiger partial charge in [0.25, 0.3) is 0 Å². The van der Waals surface area contributed by atoms with Crippen LogP contribution < -0.4 is 4.72 Å². The minimum absolute atomic E-state index is 0.100. The molecule has 1 N–H and O–H groups in total. The molecule has 1 aliphatic heterocycles. The van der Waals surface area contributed by atoms with E-state index >= 15 is 0 Å². The Morgan fingerprint density at radius 2 is 2.10 bits per heavy atom. The van der Waals surface area contributed by atoms with Crippen molar-refractivity contribution < 1.29 is 17.6 Å². The van der Waals surface area contributed by atoms with Crippen LogP contribution in [0.5, 0.6) is 0 Å². The molecule has 1 amide bonds. The van der Waals surface area contributed by atoms with Crippen LogP contribution in [0.15, 0.2) is 23.1 Å². The normalized spacial score (nSPS) is 20.2. The molecule has 1 aliphatic rings. The van der Waals surface area contributed by atoms with Crippen molar-refractivity contribution in [2.24, 2.45) is 0 Å². The first-order chi connectivity index (χ1) is 9.31. The zero-order valence-electron chi connectivity index (χ0n) is 11.4. The van der Waals surface area contributed by atoms with Gasteiger partial charge < -0.3 is 4.90 Å². The summed E-state index contributed by atoms with van der Waals surface area (Å²) in [5.41, 5.74) is 0.344. The SMILES string of the molecule is Cc1cccc(F)c1S(=O)(=O)N[C@H]1CCN(C)C(=O)C1. The van der Waals surface area contributed by atoms with Crippen LogP contribution in [0.4, 0.5) is 4.39 Å². The average molecular weight is 300 g/mol. The molecule has 110 valence electrons. The van der Waals surface area contributed by atoms with Crippen LogP contribution in [-0.2, 0) is 14.8 Å². The van der Waals surface area contributed by atoms with E-state index in [0.717, 1.165) is 6.07 Å². The van der Waals surface area contributed by atoms with Gasteiger partial charge in [-0.25, -0.2) is 17.5 Å². The van der Waals surface area contributed by atoms with E-state index in [9.17, 15) is 17.6 Å². The number of carbonyl (C=O) groups is 1. The van der Waals surface area contributed by atoms with Crippen LogP contribution in [0.3, 0.4) is 0 Å². The molecule has 0 radical (unpaired) electrons. The van der Waals surface area contributed by atoms with Crippen LogP contribution in [0.25, 0.3) is 0 Å². The van der Waals surface area contributed by atoms with Crippen LogP contribution in [-0.4, -0.2) is 38.9 Å². The zero-order chi connectivity index (χ0) is 14.9. The summed E-state index contributed by atoms with van der Waals surface area (Å²) < 4.78 is 40.7. The van der Waals surface area contributed by atoms with Crippen LogP contribution in [0.2, 0.25) is 0 Å². The fraction of sp³-hybridized carbons (Fsp3) is 0.462. The number of nitrogens with zero attached hydrogens (tertiary/aromatic N) is 1. The Balaban J connectivity index is 2.22. The van der Waals surface area contributed by atoms with Gasteiger partial charge in [0.15, 0.2) is 0 Å². The van der Waals surface area contributed by atoms with Gasteiger partial charge in [-0.2, -0.15) is 0 Å². The predicted octanol–water partition coefficient (Wildman–Crippen LogP) is 1.03. The van der Waals surface area contributed by atoms with E-state index in [2.05, 4.69) is 4.72 Å². The molecule has 5 nitrogen and oxygen atoms in total. The average Bonchev–Trinajstić information content (AvgIpc) is 2.33. The van der Waals surface area contributed by atoms with Crippen molar-refractivity contribution in [2.45, 2.75) is 30.7 Å². The molecule has 0 aliphatic carbocycles. The van der Waals surface area contributed by atoms with E-state index in [1.807, 2.05) is 0 Å². The number of benzene rings is 1. The Labute approximate surface area is 117 Å². The molecule has 0 aromatic heterocycles.